The second-order valence-electron chi connectivity index (χ2n) is 5.09. The molecule has 0 radical (unpaired) electrons. The number of amides is 1. The molecule has 0 heterocycles. The molecule has 1 amide bonds. The molecule has 0 bridgehead atoms. The molecule has 21 heavy (non-hydrogen) atoms. The van der Waals surface area contributed by atoms with Crippen LogP contribution in [0.1, 0.15) is 21.5 Å². The van der Waals surface area contributed by atoms with Crippen molar-refractivity contribution in [2.24, 2.45) is 0 Å². The van der Waals surface area contributed by atoms with Gasteiger partial charge in [0.25, 0.3) is 5.91 Å². The van der Waals surface area contributed by atoms with E-state index in [0.717, 1.165) is 25.0 Å². The zero-order chi connectivity index (χ0) is 15.0. The molecule has 1 aliphatic rings. The Bertz CT molecular complexity index is 692. The van der Waals surface area contributed by atoms with Crippen LogP contribution in [0.25, 0.3) is 0 Å². The highest BCUT2D eigenvalue weighted by molar-refractivity contribution is 6.33. The van der Waals surface area contributed by atoms with Crippen LogP contribution in [-0.4, -0.2) is 11.9 Å². The molecule has 1 aliphatic carbocycles. The van der Waals surface area contributed by atoms with E-state index in [1.165, 1.54) is 11.1 Å². The summed E-state index contributed by atoms with van der Waals surface area (Å²) < 4.78 is 26.3. The average molecular weight is 308 g/mol. The summed E-state index contributed by atoms with van der Waals surface area (Å²) in [6, 6.07) is 9.53. The standard InChI is InChI=1S/C16H12ClF2NO/c17-13-8-15(19)14(18)7-12(13)16(21)20-11-5-9-3-1-2-4-10(9)6-11/h1-4,7-8,11H,5-6H2,(H,20,21). The van der Waals surface area contributed by atoms with E-state index in [0.29, 0.717) is 0 Å². The zero-order valence-electron chi connectivity index (χ0n) is 11.0. The Kier molecular flexibility index (Phi) is 3.64. The van der Waals surface area contributed by atoms with Gasteiger partial charge in [-0.1, -0.05) is 35.9 Å². The number of benzene rings is 2. The van der Waals surface area contributed by atoms with Crippen molar-refractivity contribution in [1.82, 2.24) is 5.32 Å². The van der Waals surface area contributed by atoms with Crippen LogP contribution in [0, 0.1) is 11.6 Å². The van der Waals surface area contributed by atoms with E-state index in [4.69, 9.17) is 11.6 Å². The summed E-state index contributed by atoms with van der Waals surface area (Å²) in [5, 5.41) is 2.72. The Balaban J connectivity index is 1.75. The first-order chi connectivity index (χ1) is 10.0. The summed E-state index contributed by atoms with van der Waals surface area (Å²) in [7, 11) is 0. The van der Waals surface area contributed by atoms with Crippen LogP contribution in [-0.2, 0) is 12.8 Å². The van der Waals surface area contributed by atoms with Gasteiger partial charge in [-0.25, -0.2) is 8.78 Å². The summed E-state index contributed by atoms with van der Waals surface area (Å²) in [4.78, 5) is 12.2. The van der Waals surface area contributed by atoms with Crippen molar-refractivity contribution < 1.29 is 13.6 Å². The van der Waals surface area contributed by atoms with Crippen LogP contribution in [0.15, 0.2) is 36.4 Å². The second kappa shape index (κ2) is 5.45. The molecule has 0 unspecified atom stereocenters. The Morgan fingerprint density at radius 3 is 2.29 bits per heavy atom. The highest BCUT2D eigenvalue weighted by Crippen LogP contribution is 2.24. The average Bonchev–Trinajstić information content (AvgIpc) is 2.84. The predicted octanol–water partition coefficient (Wildman–Crippen LogP) is 3.52. The molecule has 2 aromatic rings. The number of carbonyl (C=O) groups excluding carboxylic acids is 1. The molecule has 0 saturated heterocycles. The monoisotopic (exact) mass is 307 g/mol. The van der Waals surface area contributed by atoms with Gasteiger partial charge in [0.2, 0.25) is 0 Å². The fraction of sp³-hybridized carbons (Fsp3) is 0.188. The van der Waals surface area contributed by atoms with Crippen LogP contribution in [0.3, 0.4) is 0 Å². The van der Waals surface area contributed by atoms with Gasteiger partial charge >= 0.3 is 0 Å². The summed E-state index contributed by atoms with van der Waals surface area (Å²) in [6.45, 7) is 0. The lowest BCUT2D eigenvalue weighted by Gasteiger charge is -2.13. The topological polar surface area (TPSA) is 29.1 Å². The van der Waals surface area contributed by atoms with Gasteiger partial charge in [0.1, 0.15) is 0 Å². The smallest absolute Gasteiger partial charge is 0.253 e. The van der Waals surface area contributed by atoms with Crippen LogP contribution in [0.4, 0.5) is 8.78 Å². The normalized spacial score (nSPS) is 14.0. The third-order valence-corrected chi connectivity index (χ3v) is 3.95. The highest BCUT2D eigenvalue weighted by Gasteiger charge is 2.24. The lowest BCUT2D eigenvalue weighted by molar-refractivity contribution is 0.0938. The maximum absolute atomic E-state index is 13.2. The van der Waals surface area contributed by atoms with E-state index in [9.17, 15) is 13.6 Å². The predicted molar refractivity (Wildman–Crippen MR) is 76.5 cm³/mol. The first-order valence-electron chi connectivity index (χ1n) is 6.57. The Labute approximate surface area is 125 Å². The molecule has 2 aromatic carbocycles. The molecule has 0 atom stereocenters. The van der Waals surface area contributed by atoms with Gasteiger partial charge in [0.15, 0.2) is 11.6 Å². The van der Waals surface area contributed by atoms with Gasteiger partial charge in [-0.3, -0.25) is 4.79 Å². The molecule has 2 nitrogen and oxygen atoms in total. The van der Waals surface area contributed by atoms with E-state index >= 15 is 0 Å². The van der Waals surface area contributed by atoms with Gasteiger partial charge in [0, 0.05) is 6.04 Å². The number of carbonyl (C=O) groups is 1. The van der Waals surface area contributed by atoms with Crippen molar-refractivity contribution in [3.8, 4) is 0 Å². The van der Waals surface area contributed by atoms with E-state index in [1.54, 1.807) is 0 Å². The van der Waals surface area contributed by atoms with Crippen molar-refractivity contribution in [3.63, 3.8) is 0 Å². The Morgan fingerprint density at radius 2 is 1.67 bits per heavy atom. The number of hydrogen-bond acceptors (Lipinski definition) is 1. The molecule has 5 heteroatoms. The molecular weight excluding hydrogens is 296 g/mol. The van der Waals surface area contributed by atoms with Gasteiger partial charge < -0.3 is 5.32 Å². The maximum Gasteiger partial charge on any atom is 0.253 e. The first kappa shape index (κ1) is 14.0. The Hall–Kier alpha value is -1.94. The molecule has 0 saturated carbocycles. The van der Waals surface area contributed by atoms with Crippen LogP contribution in [0.2, 0.25) is 5.02 Å². The van der Waals surface area contributed by atoms with Gasteiger partial charge in [-0.05, 0) is 36.1 Å². The third-order valence-electron chi connectivity index (χ3n) is 3.64. The number of halogens is 3. The van der Waals surface area contributed by atoms with E-state index < -0.39 is 17.5 Å². The largest absolute Gasteiger partial charge is 0.349 e. The molecule has 3 rings (SSSR count). The van der Waals surface area contributed by atoms with E-state index in [1.807, 2.05) is 24.3 Å². The minimum absolute atomic E-state index is 0.0495. The van der Waals surface area contributed by atoms with Crippen molar-refractivity contribution in [1.29, 1.82) is 0 Å². The van der Waals surface area contributed by atoms with Crippen molar-refractivity contribution in [2.75, 3.05) is 0 Å². The lowest BCUT2D eigenvalue weighted by atomic mass is 10.1. The van der Waals surface area contributed by atoms with Gasteiger partial charge in [-0.2, -0.15) is 0 Å². The summed E-state index contributed by atoms with van der Waals surface area (Å²) in [6.07, 6.45) is 1.45. The van der Waals surface area contributed by atoms with E-state index in [2.05, 4.69) is 5.32 Å². The van der Waals surface area contributed by atoms with Crippen LogP contribution in [0.5, 0.6) is 0 Å². The molecule has 0 aliphatic heterocycles. The summed E-state index contributed by atoms with van der Waals surface area (Å²) in [5.74, 6) is -2.64. The summed E-state index contributed by atoms with van der Waals surface area (Å²) in [5.41, 5.74) is 2.34. The number of nitrogens with one attached hydrogen (secondary N) is 1. The number of hydrogen-bond donors (Lipinski definition) is 1. The molecular formula is C16H12ClF2NO. The zero-order valence-corrected chi connectivity index (χ0v) is 11.8. The fourth-order valence-electron chi connectivity index (χ4n) is 2.62. The summed E-state index contributed by atoms with van der Waals surface area (Å²) >= 11 is 5.80. The van der Waals surface area contributed by atoms with Crippen LogP contribution >= 0.6 is 11.6 Å². The highest BCUT2D eigenvalue weighted by atomic mass is 35.5. The van der Waals surface area contributed by atoms with Gasteiger partial charge in [-0.15, -0.1) is 0 Å². The van der Waals surface area contributed by atoms with Crippen molar-refractivity contribution >= 4 is 17.5 Å². The Morgan fingerprint density at radius 1 is 1.10 bits per heavy atom. The quantitative estimate of drug-likeness (QED) is 0.845. The number of fused-ring (bicyclic) bond motifs is 1. The van der Waals surface area contributed by atoms with Crippen molar-refractivity contribution in [2.45, 2.75) is 18.9 Å². The molecule has 108 valence electrons. The molecule has 0 fully saturated rings. The second-order valence-corrected chi connectivity index (χ2v) is 5.50. The first-order valence-corrected chi connectivity index (χ1v) is 6.94. The van der Waals surface area contributed by atoms with Crippen LogP contribution < -0.4 is 5.32 Å². The SMILES string of the molecule is O=C(NC1Cc2ccccc2C1)c1cc(F)c(F)cc1Cl. The third kappa shape index (κ3) is 2.76. The molecule has 0 spiro atoms. The minimum atomic E-state index is -1.08. The molecule has 0 aromatic heterocycles. The minimum Gasteiger partial charge on any atom is -0.349 e. The van der Waals surface area contributed by atoms with Gasteiger partial charge in [0.05, 0.1) is 10.6 Å². The van der Waals surface area contributed by atoms with Crippen molar-refractivity contribution in [3.05, 3.63) is 69.7 Å². The fourth-order valence-corrected chi connectivity index (χ4v) is 2.86. The molecule has 1 N–H and O–H groups in total. The van der Waals surface area contributed by atoms with E-state index in [-0.39, 0.29) is 16.6 Å². The number of rotatable bonds is 2. The lowest BCUT2D eigenvalue weighted by Crippen LogP contribution is -2.35. The maximum atomic E-state index is 13.2.